The Morgan fingerprint density at radius 3 is 2.55 bits per heavy atom. The smallest absolute Gasteiger partial charge is 0.407 e. The molecule has 0 radical (unpaired) electrons. The highest BCUT2D eigenvalue weighted by Crippen LogP contribution is 2.34. The Balaban J connectivity index is 1.60. The predicted molar refractivity (Wildman–Crippen MR) is 111 cm³/mol. The molecule has 3 unspecified atom stereocenters. The summed E-state index contributed by atoms with van der Waals surface area (Å²) in [6.45, 7) is 5.00. The fourth-order valence-electron chi connectivity index (χ4n) is 4.61. The molecule has 3 atom stereocenters. The predicted octanol–water partition coefficient (Wildman–Crippen LogP) is 2.77. The van der Waals surface area contributed by atoms with E-state index in [9.17, 15) is 13.2 Å². The average molecular weight is 425 g/mol. The first-order valence-electron chi connectivity index (χ1n) is 10.4. The summed E-state index contributed by atoms with van der Waals surface area (Å²) in [6, 6.07) is 10.3. The second kappa shape index (κ2) is 9.91. The van der Waals surface area contributed by atoms with Crippen LogP contribution in [0, 0.1) is 11.8 Å². The van der Waals surface area contributed by atoms with Crippen LogP contribution in [0.3, 0.4) is 0 Å². The Bertz CT molecular complexity index is 763. The Hall–Kier alpha value is -1.64. The molecule has 8 heteroatoms. The van der Waals surface area contributed by atoms with E-state index >= 15 is 0 Å². The minimum atomic E-state index is -3.58. The van der Waals surface area contributed by atoms with Crippen molar-refractivity contribution >= 4 is 16.2 Å². The molecule has 29 heavy (non-hydrogen) atoms. The number of likely N-dealkylation sites (tertiary alicyclic amines) is 1. The number of hydrogen-bond acceptors (Lipinski definition) is 6. The van der Waals surface area contributed by atoms with Crippen LogP contribution in [0.25, 0.3) is 0 Å². The van der Waals surface area contributed by atoms with Crippen LogP contribution in [0.5, 0.6) is 0 Å². The number of carbonyl (C=O) groups excluding carboxylic acids is 1. The van der Waals surface area contributed by atoms with Crippen molar-refractivity contribution < 1.29 is 22.1 Å². The van der Waals surface area contributed by atoms with E-state index in [-0.39, 0.29) is 18.6 Å². The Labute approximate surface area is 173 Å². The molecule has 7 nitrogen and oxygen atoms in total. The molecule has 2 aliphatic heterocycles. The van der Waals surface area contributed by atoms with Crippen molar-refractivity contribution in [1.29, 1.82) is 0 Å². The normalized spacial score (nSPS) is 24.8. The van der Waals surface area contributed by atoms with Gasteiger partial charge in [0.15, 0.2) is 0 Å². The van der Waals surface area contributed by atoms with Gasteiger partial charge in [0.05, 0.1) is 12.3 Å². The summed E-state index contributed by atoms with van der Waals surface area (Å²) < 4.78 is 33.0. The number of ether oxygens (including phenoxy) is 1. The number of benzene rings is 1. The molecule has 1 aromatic rings. The summed E-state index contributed by atoms with van der Waals surface area (Å²) >= 11 is 0. The third-order valence-corrected chi connectivity index (χ3v) is 6.52. The highest BCUT2D eigenvalue weighted by molar-refractivity contribution is 7.85. The van der Waals surface area contributed by atoms with Crippen molar-refractivity contribution in [3.05, 3.63) is 35.9 Å². The van der Waals surface area contributed by atoms with Crippen LogP contribution in [-0.4, -0.2) is 57.5 Å². The first kappa shape index (κ1) is 22.1. The first-order chi connectivity index (χ1) is 13.9. The SMILES string of the molecule is CCCC(C1CCN(Cc2ccccc2)CC1)C1NC(=O)OC1COS(C)(=O)=O. The van der Waals surface area contributed by atoms with Crippen molar-refractivity contribution in [2.45, 2.75) is 51.3 Å². The lowest BCUT2D eigenvalue weighted by atomic mass is 9.76. The molecule has 0 saturated carbocycles. The van der Waals surface area contributed by atoms with E-state index in [0.29, 0.717) is 5.92 Å². The summed E-state index contributed by atoms with van der Waals surface area (Å²) in [5.74, 6) is 0.716. The van der Waals surface area contributed by atoms with Crippen LogP contribution < -0.4 is 5.32 Å². The fraction of sp³-hybridized carbons (Fsp3) is 0.667. The number of nitrogens with zero attached hydrogens (tertiary/aromatic N) is 1. The van der Waals surface area contributed by atoms with Crippen LogP contribution in [0.1, 0.15) is 38.2 Å². The van der Waals surface area contributed by atoms with Gasteiger partial charge in [-0.05, 0) is 49.8 Å². The Morgan fingerprint density at radius 1 is 1.24 bits per heavy atom. The molecule has 0 spiro atoms. The third kappa shape index (κ3) is 6.42. The largest absolute Gasteiger partial charge is 0.442 e. The van der Waals surface area contributed by atoms with Gasteiger partial charge in [-0.3, -0.25) is 9.08 Å². The lowest BCUT2D eigenvalue weighted by Crippen LogP contribution is -2.46. The summed E-state index contributed by atoms with van der Waals surface area (Å²) in [4.78, 5) is 14.4. The lowest BCUT2D eigenvalue weighted by Gasteiger charge is -2.39. The maximum atomic E-state index is 11.9. The molecule has 2 fully saturated rings. The molecular weight excluding hydrogens is 392 g/mol. The minimum absolute atomic E-state index is 0.130. The Kier molecular flexibility index (Phi) is 7.54. The molecule has 0 aliphatic carbocycles. The summed E-state index contributed by atoms with van der Waals surface area (Å²) in [5, 5.41) is 2.92. The van der Waals surface area contributed by atoms with Gasteiger partial charge in [-0.15, -0.1) is 0 Å². The topological polar surface area (TPSA) is 84.9 Å². The van der Waals surface area contributed by atoms with Crippen molar-refractivity contribution in [1.82, 2.24) is 10.2 Å². The van der Waals surface area contributed by atoms with Crippen LogP contribution in [0.4, 0.5) is 4.79 Å². The molecule has 3 rings (SSSR count). The number of cyclic esters (lactones) is 1. The van der Waals surface area contributed by atoms with E-state index in [0.717, 1.165) is 51.6 Å². The van der Waals surface area contributed by atoms with Gasteiger partial charge in [0, 0.05) is 6.54 Å². The number of piperidine rings is 1. The van der Waals surface area contributed by atoms with E-state index < -0.39 is 22.3 Å². The number of alkyl carbamates (subject to hydrolysis) is 1. The fourth-order valence-corrected chi connectivity index (χ4v) is 4.99. The second-order valence-corrected chi connectivity index (χ2v) is 9.80. The maximum absolute atomic E-state index is 11.9. The molecule has 0 aromatic heterocycles. The van der Waals surface area contributed by atoms with Crippen molar-refractivity contribution in [3.63, 3.8) is 0 Å². The van der Waals surface area contributed by atoms with Crippen molar-refractivity contribution in [3.8, 4) is 0 Å². The second-order valence-electron chi connectivity index (χ2n) is 8.15. The van der Waals surface area contributed by atoms with E-state index in [4.69, 9.17) is 8.92 Å². The van der Waals surface area contributed by atoms with E-state index in [1.165, 1.54) is 5.56 Å². The van der Waals surface area contributed by atoms with Gasteiger partial charge in [0.2, 0.25) is 0 Å². The highest BCUT2D eigenvalue weighted by atomic mass is 32.2. The van der Waals surface area contributed by atoms with Crippen molar-refractivity contribution in [2.75, 3.05) is 26.0 Å². The van der Waals surface area contributed by atoms with E-state index in [1.807, 2.05) is 6.07 Å². The number of nitrogens with one attached hydrogen (secondary N) is 1. The quantitative estimate of drug-likeness (QED) is 0.614. The summed E-state index contributed by atoms with van der Waals surface area (Å²) in [7, 11) is -3.58. The van der Waals surface area contributed by atoms with Gasteiger partial charge >= 0.3 is 6.09 Å². The number of carbonyl (C=O) groups is 1. The lowest BCUT2D eigenvalue weighted by molar-refractivity contribution is 0.0590. The highest BCUT2D eigenvalue weighted by Gasteiger charge is 2.43. The van der Waals surface area contributed by atoms with Crippen LogP contribution in [0.2, 0.25) is 0 Å². The number of rotatable bonds is 9. The number of hydrogen-bond donors (Lipinski definition) is 1. The van der Waals surface area contributed by atoms with Gasteiger partial charge in [0.25, 0.3) is 10.1 Å². The van der Waals surface area contributed by atoms with Gasteiger partial charge in [-0.25, -0.2) is 4.79 Å². The monoisotopic (exact) mass is 424 g/mol. The Morgan fingerprint density at radius 2 is 1.93 bits per heavy atom. The van der Waals surface area contributed by atoms with Gasteiger partial charge in [0.1, 0.15) is 12.7 Å². The molecule has 1 amide bonds. The molecule has 0 bridgehead atoms. The number of amides is 1. The van der Waals surface area contributed by atoms with Gasteiger partial charge in [-0.1, -0.05) is 43.7 Å². The zero-order valence-electron chi connectivity index (χ0n) is 17.2. The molecule has 2 saturated heterocycles. The molecule has 2 heterocycles. The van der Waals surface area contributed by atoms with E-state index in [1.54, 1.807) is 0 Å². The first-order valence-corrected chi connectivity index (χ1v) is 12.2. The van der Waals surface area contributed by atoms with Gasteiger partial charge < -0.3 is 10.1 Å². The van der Waals surface area contributed by atoms with E-state index in [2.05, 4.69) is 41.4 Å². The zero-order chi connectivity index (χ0) is 20.9. The minimum Gasteiger partial charge on any atom is -0.442 e. The third-order valence-electron chi connectivity index (χ3n) is 5.96. The molecule has 1 aromatic carbocycles. The van der Waals surface area contributed by atoms with Crippen LogP contribution in [-0.2, 0) is 25.6 Å². The maximum Gasteiger partial charge on any atom is 0.407 e. The molecule has 1 N–H and O–H groups in total. The average Bonchev–Trinajstić information content (AvgIpc) is 3.06. The van der Waals surface area contributed by atoms with Crippen molar-refractivity contribution in [2.24, 2.45) is 11.8 Å². The van der Waals surface area contributed by atoms with Crippen LogP contribution >= 0.6 is 0 Å². The zero-order valence-corrected chi connectivity index (χ0v) is 18.1. The van der Waals surface area contributed by atoms with Crippen LogP contribution in [0.15, 0.2) is 30.3 Å². The van der Waals surface area contributed by atoms with Gasteiger partial charge in [-0.2, -0.15) is 8.42 Å². The standard InChI is InChI=1S/C21H32N2O5S/c1-3-7-18(20-19(28-21(24)22-20)15-27-29(2,25)26)17-10-12-23(13-11-17)14-16-8-5-4-6-9-16/h4-6,8-9,17-20H,3,7,10-15H2,1-2H3,(H,22,24). The molecule has 162 valence electrons. The summed E-state index contributed by atoms with van der Waals surface area (Å²) in [6.07, 6.45) is 4.04. The molecular formula is C21H32N2O5S. The molecule has 2 aliphatic rings. The summed E-state index contributed by atoms with van der Waals surface area (Å²) in [5.41, 5.74) is 1.32.